The van der Waals surface area contributed by atoms with E-state index in [9.17, 15) is 13.2 Å². The third-order valence-corrected chi connectivity index (χ3v) is 3.13. The van der Waals surface area contributed by atoms with Crippen molar-refractivity contribution in [1.29, 1.82) is 0 Å². The monoisotopic (exact) mass is 279 g/mol. The second kappa shape index (κ2) is 4.53. The summed E-state index contributed by atoms with van der Waals surface area (Å²) in [5, 5.41) is 3.08. The highest BCUT2D eigenvalue weighted by atomic mass is 35.5. The van der Waals surface area contributed by atoms with Crippen molar-refractivity contribution in [2.24, 2.45) is 5.92 Å². The second-order valence-electron chi connectivity index (χ2n) is 4.63. The Hall–Kier alpha value is -1.10. The molecule has 0 saturated heterocycles. The molecule has 100 valence electrons. The van der Waals surface area contributed by atoms with Gasteiger partial charge in [0.1, 0.15) is 12.2 Å². The zero-order valence-corrected chi connectivity index (χ0v) is 10.7. The number of ether oxygens (including phenoxy) is 1. The maximum Gasteiger partial charge on any atom is 0.420 e. The lowest BCUT2D eigenvalue weighted by Gasteiger charge is -2.31. The predicted octanol–water partition coefficient (Wildman–Crippen LogP) is 4.19. The summed E-state index contributed by atoms with van der Waals surface area (Å²) < 4.78 is 43.8. The average molecular weight is 280 g/mol. The van der Waals surface area contributed by atoms with Gasteiger partial charge < -0.3 is 10.1 Å². The van der Waals surface area contributed by atoms with Gasteiger partial charge in [-0.2, -0.15) is 13.2 Å². The smallest absolute Gasteiger partial charge is 0.420 e. The molecule has 1 aromatic rings. The van der Waals surface area contributed by atoms with Crippen LogP contribution in [0.1, 0.15) is 19.4 Å². The van der Waals surface area contributed by atoms with Crippen LogP contribution in [0.25, 0.3) is 0 Å². The number of nitrogens with one attached hydrogen (secondary N) is 1. The minimum absolute atomic E-state index is 0.0166. The van der Waals surface area contributed by atoms with E-state index in [4.69, 9.17) is 16.3 Å². The van der Waals surface area contributed by atoms with Crippen LogP contribution < -0.4 is 10.1 Å². The largest absolute Gasteiger partial charge is 0.489 e. The Labute approximate surface area is 108 Å². The SMILES string of the molecule is CC(C)C1COc2c(cc(Cl)cc2C(F)(F)F)N1. The second-order valence-corrected chi connectivity index (χ2v) is 5.07. The number of hydrogen-bond donors (Lipinski definition) is 1. The van der Waals surface area contributed by atoms with Crippen molar-refractivity contribution in [1.82, 2.24) is 0 Å². The van der Waals surface area contributed by atoms with E-state index in [1.54, 1.807) is 0 Å². The van der Waals surface area contributed by atoms with Crippen LogP contribution in [-0.2, 0) is 6.18 Å². The van der Waals surface area contributed by atoms with Gasteiger partial charge in [0.05, 0.1) is 11.7 Å². The molecule has 1 aliphatic rings. The summed E-state index contributed by atoms with van der Waals surface area (Å²) in [5.74, 6) is 0.0928. The molecule has 0 radical (unpaired) electrons. The number of benzene rings is 1. The van der Waals surface area contributed by atoms with E-state index in [0.717, 1.165) is 6.07 Å². The molecule has 0 amide bonds. The van der Waals surface area contributed by atoms with Crippen LogP contribution in [0.15, 0.2) is 12.1 Å². The van der Waals surface area contributed by atoms with Crippen LogP contribution in [0, 0.1) is 5.92 Å². The zero-order valence-electron chi connectivity index (χ0n) is 9.94. The first-order valence-corrected chi connectivity index (χ1v) is 5.97. The first kappa shape index (κ1) is 13.3. The van der Waals surface area contributed by atoms with Crippen LogP contribution in [-0.4, -0.2) is 12.6 Å². The Morgan fingerprint density at radius 2 is 2.06 bits per heavy atom. The Bertz CT molecular complexity index is 459. The van der Waals surface area contributed by atoms with Gasteiger partial charge in [0.2, 0.25) is 0 Å². The first-order valence-electron chi connectivity index (χ1n) is 5.59. The summed E-state index contributed by atoms with van der Waals surface area (Å²) in [6.45, 7) is 4.16. The molecule has 0 bridgehead atoms. The number of anilines is 1. The summed E-state index contributed by atoms with van der Waals surface area (Å²) in [6, 6.07) is 2.33. The van der Waals surface area contributed by atoms with Gasteiger partial charge in [0, 0.05) is 5.02 Å². The maximum absolute atomic E-state index is 12.8. The molecular weight excluding hydrogens is 267 g/mol. The normalized spacial score (nSPS) is 19.2. The molecule has 1 unspecified atom stereocenters. The molecule has 0 saturated carbocycles. The van der Waals surface area contributed by atoms with Crippen LogP contribution in [0.3, 0.4) is 0 Å². The molecule has 2 rings (SSSR count). The van der Waals surface area contributed by atoms with E-state index in [1.807, 2.05) is 13.8 Å². The summed E-state index contributed by atoms with van der Waals surface area (Å²) in [6.07, 6.45) is -4.47. The van der Waals surface area contributed by atoms with Crippen molar-refractivity contribution < 1.29 is 17.9 Å². The number of hydrogen-bond acceptors (Lipinski definition) is 2. The molecule has 0 fully saturated rings. The molecular formula is C12H13ClF3NO. The van der Waals surface area contributed by atoms with Gasteiger partial charge in [-0.3, -0.25) is 0 Å². The lowest BCUT2D eigenvalue weighted by molar-refractivity contribution is -0.139. The van der Waals surface area contributed by atoms with E-state index >= 15 is 0 Å². The summed E-state index contributed by atoms with van der Waals surface area (Å²) >= 11 is 5.72. The fraction of sp³-hybridized carbons (Fsp3) is 0.500. The van der Waals surface area contributed by atoms with Gasteiger partial charge in [-0.1, -0.05) is 25.4 Å². The Morgan fingerprint density at radius 3 is 2.61 bits per heavy atom. The van der Waals surface area contributed by atoms with Gasteiger partial charge in [-0.05, 0) is 18.1 Å². The standard InChI is InChI=1S/C12H13ClF3NO/c1-6(2)10-5-18-11-8(12(14,15)16)3-7(13)4-9(11)17-10/h3-4,6,10,17H,5H2,1-2H3. The van der Waals surface area contributed by atoms with Crippen LogP contribution >= 0.6 is 11.6 Å². The van der Waals surface area contributed by atoms with E-state index in [-0.39, 0.29) is 29.3 Å². The molecule has 1 N–H and O–H groups in total. The quantitative estimate of drug-likeness (QED) is 0.832. The Balaban J connectivity index is 2.44. The lowest BCUT2D eigenvalue weighted by Crippen LogP contribution is -2.36. The minimum atomic E-state index is -4.47. The number of fused-ring (bicyclic) bond motifs is 1. The fourth-order valence-corrected chi connectivity index (χ4v) is 2.06. The third kappa shape index (κ3) is 2.51. The topological polar surface area (TPSA) is 21.3 Å². The molecule has 18 heavy (non-hydrogen) atoms. The Morgan fingerprint density at radius 1 is 1.39 bits per heavy atom. The molecule has 1 atom stereocenters. The summed E-state index contributed by atoms with van der Waals surface area (Å²) in [4.78, 5) is 0. The van der Waals surface area contributed by atoms with Crippen molar-refractivity contribution in [3.8, 4) is 5.75 Å². The van der Waals surface area contributed by atoms with Crippen molar-refractivity contribution in [2.45, 2.75) is 26.1 Å². The molecule has 1 aliphatic heterocycles. The van der Waals surface area contributed by atoms with Crippen molar-refractivity contribution >= 4 is 17.3 Å². The highest BCUT2D eigenvalue weighted by Gasteiger charge is 2.38. The highest BCUT2D eigenvalue weighted by molar-refractivity contribution is 6.31. The predicted molar refractivity (Wildman–Crippen MR) is 64.2 cm³/mol. The lowest BCUT2D eigenvalue weighted by atomic mass is 10.0. The van der Waals surface area contributed by atoms with E-state index in [2.05, 4.69) is 5.32 Å². The van der Waals surface area contributed by atoms with Gasteiger partial charge in [-0.15, -0.1) is 0 Å². The average Bonchev–Trinajstić information content (AvgIpc) is 2.25. The molecule has 6 heteroatoms. The van der Waals surface area contributed by atoms with Crippen molar-refractivity contribution in [3.05, 3.63) is 22.7 Å². The zero-order chi connectivity index (χ0) is 13.5. The maximum atomic E-state index is 12.8. The molecule has 2 nitrogen and oxygen atoms in total. The summed E-state index contributed by atoms with van der Waals surface area (Å²) in [5.41, 5.74) is -0.528. The van der Waals surface area contributed by atoms with E-state index in [0.29, 0.717) is 5.69 Å². The van der Waals surface area contributed by atoms with Gasteiger partial charge in [-0.25, -0.2) is 0 Å². The number of halogens is 4. The van der Waals surface area contributed by atoms with Gasteiger partial charge in [0.15, 0.2) is 5.75 Å². The third-order valence-electron chi connectivity index (χ3n) is 2.91. The molecule has 0 aromatic heterocycles. The van der Waals surface area contributed by atoms with Gasteiger partial charge in [0.25, 0.3) is 0 Å². The molecule has 0 aliphatic carbocycles. The Kier molecular flexibility index (Phi) is 3.36. The minimum Gasteiger partial charge on any atom is -0.489 e. The molecule has 0 spiro atoms. The van der Waals surface area contributed by atoms with E-state index < -0.39 is 11.7 Å². The highest BCUT2D eigenvalue weighted by Crippen LogP contribution is 2.44. The molecule has 1 aromatic carbocycles. The molecule has 1 heterocycles. The van der Waals surface area contributed by atoms with Crippen molar-refractivity contribution in [3.63, 3.8) is 0 Å². The summed E-state index contributed by atoms with van der Waals surface area (Å²) in [7, 11) is 0. The number of alkyl halides is 3. The number of rotatable bonds is 1. The van der Waals surface area contributed by atoms with Crippen LogP contribution in [0.5, 0.6) is 5.75 Å². The van der Waals surface area contributed by atoms with E-state index in [1.165, 1.54) is 6.07 Å². The van der Waals surface area contributed by atoms with Crippen LogP contribution in [0.2, 0.25) is 5.02 Å². The van der Waals surface area contributed by atoms with Gasteiger partial charge >= 0.3 is 6.18 Å². The van der Waals surface area contributed by atoms with Crippen molar-refractivity contribution in [2.75, 3.05) is 11.9 Å². The fourth-order valence-electron chi connectivity index (χ4n) is 1.84. The first-order chi connectivity index (χ1) is 8.29. The van der Waals surface area contributed by atoms with Crippen LogP contribution in [0.4, 0.5) is 18.9 Å².